The highest BCUT2D eigenvalue weighted by Gasteiger charge is 2.01. The molecule has 0 atom stereocenters. The molecular weight excluding hydrogens is 202 g/mol. The van der Waals surface area contributed by atoms with E-state index >= 15 is 0 Å². The number of hydrogen-bond acceptors (Lipinski definition) is 3. The summed E-state index contributed by atoms with van der Waals surface area (Å²) < 4.78 is 5.70. The lowest BCUT2D eigenvalue weighted by Gasteiger charge is -2.08. The maximum Gasteiger partial charge on any atom is 0.133 e. The van der Waals surface area contributed by atoms with E-state index in [2.05, 4.69) is 4.98 Å². The lowest BCUT2D eigenvalue weighted by Crippen LogP contribution is -1.89. The Balaban J connectivity index is 2.24. The Morgan fingerprint density at radius 1 is 1.31 bits per heavy atom. The van der Waals surface area contributed by atoms with Gasteiger partial charge in [-0.2, -0.15) is 0 Å². The molecule has 0 aliphatic carbocycles. The smallest absolute Gasteiger partial charge is 0.133 e. The fourth-order valence-electron chi connectivity index (χ4n) is 1.41. The molecule has 0 unspecified atom stereocenters. The molecule has 0 radical (unpaired) electrons. The zero-order valence-electron chi connectivity index (χ0n) is 9.05. The van der Waals surface area contributed by atoms with E-state index in [1.54, 1.807) is 12.4 Å². The second kappa shape index (κ2) is 4.77. The van der Waals surface area contributed by atoms with Gasteiger partial charge in [-0.1, -0.05) is 12.1 Å². The zero-order valence-corrected chi connectivity index (χ0v) is 9.05. The predicted molar refractivity (Wildman–Crippen MR) is 61.4 cm³/mol. The summed E-state index contributed by atoms with van der Waals surface area (Å²) in [4.78, 5) is 4.00. The Hall–Kier alpha value is -1.87. The second-order valence-electron chi connectivity index (χ2n) is 3.55. The highest BCUT2D eigenvalue weighted by Crippen LogP contribution is 2.24. The Labute approximate surface area is 94.3 Å². The van der Waals surface area contributed by atoms with Crippen LogP contribution >= 0.6 is 0 Å². The van der Waals surface area contributed by atoms with Crippen molar-refractivity contribution in [2.45, 2.75) is 13.5 Å². The first-order valence-electron chi connectivity index (χ1n) is 5.08. The average Bonchev–Trinajstić information content (AvgIpc) is 2.32. The number of aryl methyl sites for hydroxylation is 1. The van der Waals surface area contributed by atoms with E-state index in [0.29, 0.717) is 0 Å². The minimum atomic E-state index is 0.0204. The number of nitrogens with zero attached hydrogens (tertiary/aromatic N) is 1. The number of aromatic nitrogens is 1. The van der Waals surface area contributed by atoms with Gasteiger partial charge < -0.3 is 9.84 Å². The lowest BCUT2D eigenvalue weighted by molar-refractivity contribution is 0.281. The summed E-state index contributed by atoms with van der Waals surface area (Å²) in [5.41, 5.74) is 1.82. The first kappa shape index (κ1) is 10.6. The zero-order chi connectivity index (χ0) is 11.4. The molecule has 0 saturated carbocycles. The number of aliphatic hydroxyl groups is 1. The lowest BCUT2D eigenvalue weighted by atomic mass is 10.2. The molecule has 0 fully saturated rings. The first-order chi connectivity index (χ1) is 7.79. The van der Waals surface area contributed by atoms with Crippen molar-refractivity contribution in [3.63, 3.8) is 0 Å². The molecule has 0 saturated heterocycles. The van der Waals surface area contributed by atoms with Crippen LogP contribution in [0.25, 0.3) is 0 Å². The second-order valence-corrected chi connectivity index (χ2v) is 3.55. The van der Waals surface area contributed by atoms with Gasteiger partial charge in [-0.05, 0) is 30.7 Å². The molecule has 0 amide bonds. The van der Waals surface area contributed by atoms with Crippen molar-refractivity contribution >= 4 is 0 Å². The van der Waals surface area contributed by atoms with Crippen molar-refractivity contribution in [1.82, 2.24) is 4.98 Å². The van der Waals surface area contributed by atoms with E-state index in [-0.39, 0.29) is 6.61 Å². The molecule has 82 valence electrons. The maximum absolute atomic E-state index is 9.02. The van der Waals surface area contributed by atoms with E-state index in [9.17, 15) is 0 Å². The van der Waals surface area contributed by atoms with E-state index in [1.165, 1.54) is 0 Å². The number of rotatable bonds is 3. The summed E-state index contributed by atoms with van der Waals surface area (Å²) in [7, 11) is 0. The Morgan fingerprint density at radius 2 is 2.19 bits per heavy atom. The SMILES string of the molecule is Cc1cnccc1Oc1cccc(CO)c1. The van der Waals surface area contributed by atoms with Gasteiger partial charge in [-0.15, -0.1) is 0 Å². The molecule has 1 aromatic carbocycles. The van der Waals surface area contributed by atoms with Crippen LogP contribution in [0.15, 0.2) is 42.7 Å². The largest absolute Gasteiger partial charge is 0.457 e. The molecule has 3 heteroatoms. The van der Waals surface area contributed by atoms with Gasteiger partial charge >= 0.3 is 0 Å². The summed E-state index contributed by atoms with van der Waals surface area (Å²) in [6, 6.07) is 9.21. The van der Waals surface area contributed by atoms with Crippen LogP contribution in [0.1, 0.15) is 11.1 Å². The van der Waals surface area contributed by atoms with Gasteiger partial charge in [-0.3, -0.25) is 4.98 Å². The van der Waals surface area contributed by atoms with Gasteiger partial charge in [0.15, 0.2) is 0 Å². The third-order valence-electron chi connectivity index (χ3n) is 2.28. The van der Waals surface area contributed by atoms with E-state index in [0.717, 1.165) is 22.6 Å². The highest BCUT2D eigenvalue weighted by molar-refractivity contribution is 5.36. The van der Waals surface area contributed by atoms with Crippen molar-refractivity contribution < 1.29 is 9.84 Å². The summed E-state index contributed by atoms with van der Waals surface area (Å²) in [5.74, 6) is 1.51. The van der Waals surface area contributed by atoms with Gasteiger partial charge in [0.2, 0.25) is 0 Å². The van der Waals surface area contributed by atoms with Crippen molar-refractivity contribution in [2.24, 2.45) is 0 Å². The molecular formula is C13H13NO2. The minimum absolute atomic E-state index is 0.0204. The van der Waals surface area contributed by atoms with Gasteiger partial charge in [0.05, 0.1) is 6.61 Å². The van der Waals surface area contributed by atoms with Crippen molar-refractivity contribution in [2.75, 3.05) is 0 Å². The van der Waals surface area contributed by atoms with Crippen LogP contribution < -0.4 is 4.74 Å². The van der Waals surface area contributed by atoms with Crippen LogP contribution in [-0.4, -0.2) is 10.1 Å². The Morgan fingerprint density at radius 3 is 2.94 bits per heavy atom. The molecule has 16 heavy (non-hydrogen) atoms. The van der Waals surface area contributed by atoms with Crippen molar-refractivity contribution in [1.29, 1.82) is 0 Å². The summed E-state index contributed by atoms with van der Waals surface area (Å²) in [5, 5.41) is 9.02. The van der Waals surface area contributed by atoms with Crippen LogP contribution in [0.5, 0.6) is 11.5 Å². The van der Waals surface area contributed by atoms with Crippen LogP contribution in [0.4, 0.5) is 0 Å². The van der Waals surface area contributed by atoms with Crippen molar-refractivity contribution in [3.8, 4) is 11.5 Å². The Kier molecular flexibility index (Phi) is 3.17. The average molecular weight is 215 g/mol. The van der Waals surface area contributed by atoms with Crippen LogP contribution in [-0.2, 0) is 6.61 Å². The minimum Gasteiger partial charge on any atom is -0.457 e. The number of aliphatic hydroxyl groups excluding tert-OH is 1. The van der Waals surface area contributed by atoms with Crippen molar-refractivity contribution in [3.05, 3.63) is 53.9 Å². The molecule has 3 nitrogen and oxygen atoms in total. The van der Waals surface area contributed by atoms with Crippen LogP contribution in [0, 0.1) is 6.92 Å². The number of pyridine rings is 1. The van der Waals surface area contributed by atoms with Gasteiger partial charge in [0, 0.05) is 18.0 Å². The predicted octanol–water partition coefficient (Wildman–Crippen LogP) is 2.67. The molecule has 1 aromatic heterocycles. The topological polar surface area (TPSA) is 42.4 Å². The van der Waals surface area contributed by atoms with Gasteiger partial charge in [0.25, 0.3) is 0 Å². The number of ether oxygens (including phenoxy) is 1. The van der Waals surface area contributed by atoms with E-state index < -0.39 is 0 Å². The highest BCUT2D eigenvalue weighted by atomic mass is 16.5. The molecule has 0 aliphatic heterocycles. The third-order valence-corrected chi connectivity index (χ3v) is 2.28. The normalized spacial score (nSPS) is 10.1. The number of benzene rings is 1. The summed E-state index contributed by atoms with van der Waals surface area (Å²) in [6.07, 6.45) is 3.45. The standard InChI is InChI=1S/C13H13NO2/c1-10-8-14-6-5-13(10)16-12-4-2-3-11(7-12)9-15/h2-8,15H,9H2,1H3. The molecule has 0 spiro atoms. The summed E-state index contributed by atoms with van der Waals surface area (Å²) in [6.45, 7) is 1.96. The van der Waals surface area contributed by atoms with E-state index in [1.807, 2.05) is 37.3 Å². The summed E-state index contributed by atoms with van der Waals surface area (Å²) >= 11 is 0. The molecule has 2 rings (SSSR count). The van der Waals surface area contributed by atoms with Crippen LogP contribution in [0.2, 0.25) is 0 Å². The third kappa shape index (κ3) is 2.38. The monoisotopic (exact) mass is 215 g/mol. The fourth-order valence-corrected chi connectivity index (χ4v) is 1.41. The molecule has 1 N–H and O–H groups in total. The van der Waals surface area contributed by atoms with Crippen LogP contribution in [0.3, 0.4) is 0 Å². The molecule has 0 aliphatic rings. The quantitative estimate of drug-likeness (QED) is 0.855. The number of hydrogen-bond donors (Lipinski definition) is 1. The maximum atomic E-state index is 9.02. The van der Waals surface area contributed by atoms with Gasteiger partial charge in [0.1, 0.15) is 11.5 Å². The van der Waals surface area contributed by atoms with Gasteiger partial charge in [-0.25, -0.2) is 0 Å². The molecule has 2 aromatic rings. The molecule has 1 heterocycles. The Bertz CT molecular complexity index is 483. The fraction of sp³-hybridized carbons (Fsp3) is 0.154. The molecule has 0 bridgehead atoms. The first-order valence-corrected chi connectivity index (χ1v) is 5.08. The van der Waals surface area contributed by atoms with E-state index in [4.69, 9.17) is 9.84 Å².